The van der Waals surface area contributed by atoms with E-state index in [0.717, 1.165) is 34.6 Å². The second-order valence-electron chi connectivity index (χ2n) is 9.31. The average molecular weight is 504 g/mol. The fourth-order valence-corrected chi connectivity index (χ4v) is 4.54. The van der Waals surface area contributed by atoms with Crippen LogP contribution in [0.5, 0.6) is 5.75 Å². The molecule has 0 saturated heterocycles. The van der Waals surface area contributed by atoms with Crippen molar-refractivity contribution in [2.75, 3.05) is 0 Å². The third-order valence-electron chi connectivity index (χ3n) is 6.54. The van der Waals surface area contributed by atoms with Gasteiger partial charge >= 0.3 is 29.6 Å². The van der Waals surface area contributed by atoms with Crippen LogP contribution in [0.25, 0.3) is 16.9 Å². The molecule has 0 unspecified atom stereocenters. The van der Waals surface area contributed by atoms with Crippen LogP contribution in [0.15, 0.2) is 91.0 Å². The maximum absolute atomic E-state index is 11.7. The Kier molecular flexibility index (Phi) is 11.1. The zero-order valence-corrected chi connectivity index (χ0v) is 24.2. The maximum atomic E-state index is 11.7. The Labute approximate surface area is 242 Å². The van der Waals surface area contributed by atoms with E-state index in [9.17, 15) is 9.90 Å². The van der Waals surface area contributed by atoms with Crippen molar-refractivity contribution in [1.29, 1.82) is 0 Å². The quantitative estimate of drug-likeness (QED) is 0.220. The van der Waals surface area contributed by atoms with Gasteiger partial charge in [0.05, 0.1) is 11.7 Å². The summed E-state index contributed by atoms with van der Waals surface area (Å²) < 4.78 is 8.03. The Morgan fingerprint density at radius 2 is 1.54 bits per heavy atom. The van der Waals surface area contributed by atoms with Crippen LogP contribution in [-0.2, 0) is 17.6 Å². The number of unbranched alkanes of at least 4 members (excludes halogenated alkanes) is 3. The summed E-state index contributed by atoms with van der Waals surface area (Å²) in [7, 11) is 0. The van der Waals surface area contributed by atoms with Crippen LogP contribution in [0.4, 0.5) is 0 Å². The largest absolute Gasteiger partial charge is 1.00 e. The summed E-state index contributed by atoms with van der Waals surface area (Å²) in [5, 5.41) is 11.7. The van der Waals surface area contributed by atoms with Gasteiger partial charge in [-0.1, -0.05) is 68.7 Å². The summed E-state index contributed by atoms with van der Waals surface area (Å²) in [4.78, 5) is 11.7. The normalized spacial score (nSPS) is 11.5. The first-order valence-electron chi connectivity index (χ1n) is 12.8. The van der Waals surface area contributed by atoms with Crippen molar-refractivity contribution in [2.24, 2.45) is 0 Å². The summed E-state index contributed by atoms with van der Waals surface area (Å²) in [6, 6.07) is 30.1. The predicted octanol–water partition coefficient (Wildman–Crippen LogP) is 3.32. The van der Waals surface area contributed by atoms with E-state index >= 15 is 0 Å². The Morgan fingerprint density at radius 3 is 2.19 bits per heavy atom. The van der Waals surface area contributed by atoms with E-state index < -0.39 is 12.1 Å². The van der Waals surface area contributed by atoms with Crippen molar-refractivity contribution in [3.05, 3.63) is 108 Å². The minimum Gasteiger partial charge on any atom is -0.546 e. The number of carbonyl (C=O) groups is 1. The number of ether oxygens (including phenoxy) is 1. The molecule has 0 spiro atoms. The van der Waals surface area contributed by atoms with E-state index in [-0.39, 0.29) is 36.0 Å². The molecule has 0 aliphatic heterocycles. The molecular weight excluding hydrogens is 469 g/mol. The van der Waals surface area contributed by atoms with Gasteiger partial charge in [-0.3, -0.25) is 0 Å². The first-order valence-corrected chi connectivity index (χ1v) is 12.8. The molecule has 1 heterocycles. The number of aryl methyl sites for hydroxylation is 2. The van der Waals surface area contributed by atoms with Crippen LogP contribution in [0.3, 0.4) is 0 Å². The molecule has 186 valence electrons. The third kappa shape index (κ3) is 7.85. The number of hydrogen-bond acceptors (Lipinski definition) is 3. The number of hydrogen-bond donors (Lipinski definition) is 0. The standard InChI is InChI=1S/C32H35NO3.Na/c1-3-4-5-7-10-25-14-18-28(19-15-25)33-24(2)13-22-30(33)27-16-20-29(21-17-27)36-31(32(34)35)23-26-11-8-6-9-12-26;/h6,8-9,11-22,31H,3-5,7,10,23H2,1-2H3,(H,34,35);/q;+1/p-1/t31-;/m1./s1. The molecule has 37 heavy (non-hydrogen) atoms. The van der Waals surface area contributed by atoms with Crippen LogP contribution >= 0.6 is 0 Å². The van der Waals surface area contributed by atoms with Crippen LogP contribution in [0.2, 0.25) is 0 Å². The van der Waals surface area contributed by atoms with E-state index in [1.807, 2.05) is 54.6 Å². The molecule has 0 fully saturated rings. The van der Waals surface area contributed by atoms with Gasteiger partial charge in [0.1, 0.15) is 11.9 Å². The Hall–Kier alpha value is -2.79. The van der Waals surface area contributed by atoms with Crippen molar-refractivity contribution in [3.63, 3.8) is 0 Å². The minimum atomic E-state index is -1.22. The van der Waals surface area contributed by atoms with E-state index in [1.165, 1.54) is 31.2 Å². The monoisotopic (exact) mass is 503 g/mol. The topological polar surface area (TPSA) is 54.3 Å². The number of aliphatic carboxylic acids is 1. The second kappa shape index (κ2) is 14.2. The van der Waals surface area contributed by atoms with E-state index in [0.29, 0.717) is 5.75 Å². The average Bonchev–Trinajstić information content (AvgIpc) is 3.29. The van der Waals surface area contributed by atoms with Gasteiger partial charge in [0.25, 0.3) is 0 Å². The van der Waals surface area contributed by atoms with Gasteiger partial charge in [0, 0.05) is 17.8 Å². The molecule has 0 aliphatic rings. The molecule has 0 amide bonds. The molecule has 5 heteroatoms. The number of benzene rings is 3. The van der Waals surface area contributed by atoms with E-state index in [4.69, 9.17) is 4.74 Å². The third-order valence-corrected chi connectivity index (χ3v) is 6.54. The predicted molar refractivity (Wildman–Crippen MR) is 143 cm³/mol. The molecule has 0 N–H and O–H groups in total. The second-order valence-corrected chi connectivity index (χ2v) is 9.31. The zero-order valence-electron chi connectivity index (χ0n) is 22.2. The van der Waals surface area contributed by atoms with Crippen molar-refractivity contribution in [3.8, 4) is 22.7 Å². The first kappa shape index (κ1) is 28.8. The van der Waals surface area contributed by atoms with E-state index in [2.05, 4.69) is 54.8 Å². The number of aromatic nitrogens is 1. The number of nitrogens with zero attached hydrogens (tertiary/aromatic N) is 1. The molecule has 4 aromatic rings. The molecule has 0 aliphatic carbocycles. The Bertz CT molecular complexity index is 1250. The molecule has 4 rings (SSSR count). The SMILES string of the molecule is CCCCCCc1ccc(-n2c(C)ccc2-c2ccc(O[C@H](Cc3ccccc3)C(=O)[O-])cc2)cc1.[Na+]. The van der Waals surface area contributed by atoms with Crippen molar-refractivity contribution in [2.45, 2.75) is 58.5 Å². The van der Waals surface area contributed by atoms with Crippen LogP contribution < -0.4 is 39.4 Å². The fraction of sp³-hybridized carbons (Fsp3) is 0.281. The maximum Gasteiger partial charge on any atom is 1.00 e. The van der Waals surface area contributed by atoms with Gasteiger partial charge in [0.2, 0.25) is 0 Å². The first-order chi connectivity index (χ1) is 17.5. The number of rotatable bonds is 12. The Balaban J connectivity index is 0.00000380. The van der Waals surface area contributed by atoms with Crippen molar-refractivity contribution >= 4 is 5.97 Å². The summed E-state index contributed by atoms with van der Waals surface area (Å²) in [5.41, 5.74) is 6.66. The van der Waals surface area contributed by atoms with Gasteiger partial charge in [-0.05, 0) is 85.0 Å². The molecule has 0 bridgehead atoms. The van der Waals surface area contributed by atoms with Gasteiger partial charge in [0.15, 0.2) is 0 Å². The van der Waals surface area contributed by atoms with Crippen LogP contribution in [0, 0.1) is 6.92 Å². The van der Waals surface area contributed by atoms with Crippen LogP contribution in [-0.4, -0.2) is 16.6 Å². The number of carboxylic acid groups (broad SMARTS) is 1. The molecule has 0 saturated carbocycles. The van der Waals surface area contributed by atoms with Gasteiger partial charge in [-0.25, -0.2) is 0 Å². The number of carboxylic acids is 1. The molecule has 3 aromatic carbocycles. The molecule has 1 atom stereocenters. The molecular formula is C32H34NNaO3. The summed E-state index contributed by atoms with van der Waals surface area (Å²) in [5.74, 6) is -0.715. The summed E-state index contributed by atoms with van der Waals surface area (Å²) >= 11 is 0. The zero-order chi connectivity index (χ0) is 25.3. The summed E-state index contributed by atoms with van der Waals surface area (Å²) in [6.07, 6.45) is 5.40. The fourth-order valence-electron chi connectivity index (χ4n) is 4.54. The van der Waals surface area contributed by atoms with Gasteiger partial charge in [-0.15, -0.1) is 0 Å². The molecule has 4 nitrogen and oxygen atoms in total. The smallest absolute Gasteiger partial charge is 0.546 e. The van der Waals surface area contributed by atoms with Crippen LogP contribution in [0.1, 0.15) is 49.4 Å². The Morgan fingerprint density at radius 1 is 0.838 bits per heavy atom. The minimum absolute atomic E-state index is 0. The van der Waals surface area contributed by atoms with Crippen molar-refractivity contribution < 1.29 is 44.2 Å². The molecule has 1 aromatic heterocycles. The number of carbonyl (C=O) groups excluding carboxylic acids is 1. The van der Waals surface area contributed by atoms with Gasteiger partial charge in [-0.2, -0.15) is 0 Å². The molecule has 0 radical (unpaired) electrons. The van der Waals surface area contributed by atoms with E-state index in [1.54, 1.807) is 0 Å². The van der Waals surface area contributed by atoms with Gasteiger partial charge < -0.3 is 19.2 Å². The summed E-state index contributed by atoms with van der Waals surface area (Å²) in [6.45, 7) is 4.34. The van der Waals surface area contributed by atoms with Crippen molar-refractivity contribution in [1.82, 2.24) is 4.57 Å².